The average molecular weight is 275 g/mol. The zero-order chi connectivity index (χ0) is 14.7. The maximum absolute atomic E-state index is 3.70. The predicted molar refractivity (Wildman–Crippen MR) is 90.4 cm³/mol. The van der Waals surface area contributed by atoms with Crippen LogP contribution in [0.2, 0.25) is 0 Å². The van der Waals surface area contributed by atoms with Crippen molar-refractivity contribution in [3.05, 3.63) is 83.9 Å². The number of nitrogens with one attached hydrogen (secondary N) is 1. The van der Waals surface area contributed by atoms with E-state index in [1.54, 1.807) is 0 Å². The summed E-state index contributed by atoms with van der Waals surface area (Å²) < 4.78 is 0. The third-order valence-electron chi connectivity index (χ3n) is 4.09. The molecule has 0 aliphatic heterocycles. The topological polar surface area (TPSA) is 12.0 Å². The molecule has 106 valence electrons. The lowest BCUT2D eigenvalue weighted by atomic mass is 9.98. The van der Waals surface area contributed by atoms with Gasteiger partial charge in [0.05, 0.1) is 0 Å². The smallest absolute Gasteiger partial charge is 0.0303 e. The number of fused-ring (bicyclic) bond motifs is 1. The van der Waals surface area contributed by atoms with Crippen molar-refractivity contribution in [2.45, 2.75) is 25.9 Å². The van der Waals surface area contributed by atoms with Gasteiger partial charge in [-0.1, -0.05) is 72.8 Å². The molecule has 1 heteroatoms. The van der Waals surface area contributed by atoms with Crippen LogP contribution in [0.1, 0.15) is 37.1 Å². The van der Waals surface area contributed by atoms with Gasteiger partial charge in [-0.05, 0) is 35.7 Å². The van der Waals surface area contributed by atoms with Crippen molar-refractivity contribution in [1.82, 2.24) is 5.32 Å². The van der Waals surface area contributed by atoms with Gasteiger partial charge in [-0.3, -0.25) is 0 Å². The van der Waals surface area contributed by atoms with Crippen molar-refractivity contribution in [3.8, 4) is 0 Å². The van der Waals surface area contributed by atoms with Crippen molar-refractivity contribution in [3.63, 3.8) is 0 Å². The predicted octanol–water partition coefficient (Wildman–Crippen LogP) is 5.25. The Morgan fingerprint density at radius 2 is 1.33 bits per heavy atom. The van der Waals surface area contributed by atoms with E-state index < -0.39 is 0 Å². The number of hydrogen-bond donors (Lipinski definition) is 1. The Bertz CT molecular complexity index is 713. The summed E-state index contributed by atoms with van der Waals surface area (Å²) in [5.74, 6) is 0. The van der Waals surface area contributed by atoms with Crippen LogP contribution in [0, 0.1) is 0 Å². The van der Waals surface area contributed by atoms with Crippen LogP contribution in [0.4, 0.5) is 0 Å². The average Bonchev–Trinajstić information content (AvgIpc) is 2.55. The Hall–Kier alpha value is -2.12. The Balaban J connectivity index is 1.86. The van der Waals surface area contributed by atoms with Gasteiger partial charge in [-0.25, -0.2) is 0 Å². The van der Waals surface area contributed by atoms with Crippen LogP contribution in [0.25, 0.3) is 10.8 Å². The van der Waals surface area contributed by atoms with Crippen LogP contribution < -0.4 is 5.32 Å². The van der Waals surface area contributed by atoms with E-state index in [1.165, 1.54) is 21.9 Å². The van der Waals surface area contributed by atoms with Crippen molar-refractivity contribution >= 4 is 10.8 Å². The minimum absolute atomic E-state index is 0.311. The maximum atomic E-state index is 3.70. The van der Waals surface area contributed by atoms with Gasteiger partial charge in [0.2, 0.25) is 0 Å². The Labute approximate surface area is 126 Å². The zero-order valence-electron chi connectivity index (χ0n) is 12.6. The Morgan fingerprint density at radius 1 is 0.667 bits per heavy atom. The van der Waals surface area contributed by atoms with E-state index in [4.69, 9.17) is 0 Å². The number of benzene rings is 3. The van der Waals surface area contributed by atoms with Gasteiger partial charge in [-0.15, -0.1) is 0 Å². The summed E-state index contributed by atoms with van der Waals surface area (Å²) in [7, 11) is 0. The molecular formula is C20H21N. The van der Waals surface area contributed by atoms with Gasteiger partial charge in [0.25, 0.3) is 0 Å². The zero-order valence-corrected chi connectivity index (χ0v) is 12.6. The first kappa shape index (κ1) is 13.8. The molecule has 0 heterocycles. The summed E-state index contributed by atoms with van der Waals surface area (Å²) >= 11 is 0. The van der Waals surface area contributed by atoms with Crippen molar-refractivity contribution in [1.29, 1.82) is 0 Å². The van der Waals surface area contributed by atoms with Gasteiger partial charge in [0, 0.05) is 12.1 Å². The van der Waals surface area contributed by atoms with Crippen LogP contribution in [-0.2, 0) is 0 Å². The molecule has 3 aromatic rings. The molecule has 0 aliphatic carbocycles. The highest BCUT2D eigenvalue weighted by Crippen LogP contribution is 2.26. The highest BCUT2D eigenvalue weighted by Gasteiger charge is 2.12. The van der Waals surface area contributed by atoms with Crippen molar-refractivity contribution < 1.29 is 0 Å². The normalized spacial score (nSPS) is 14.0. The summed E-state index contributed by atoms with van der Waals surface area (Å²) in [6.45, 7) is 4.46. The van der Waals surface area contributed by atoms with E-state index in [0.29, 0.717) is 12.1 Å². The quantitative estimate of drug-likeness (QED) is 0.685. The van der Waals surface area contributed by atoms with Gasteiger partial charge in [-0.2, -0.15) is 0 Å². The van der Waals surface area contributed by atoms with E-state index in [0.717, 1.165) is 0 Å². The first-order valence-corrected chi connectivity index (χ1v) is 7.54. The fraction of sp³-hybridized carbons (Fsp3) is 0.200. The lowest BCUT2D eigenvalue weighted by molar-refractivity contribution is 0.497. The fourth-order valence-corrected chi connectivity index (χ4v) is 2.93. The molecule has 21 heavy (non-hydrogen) atoms. The number of hydrogen-bond acceptors (Lipinski definition) is 1. The second-order valence-corrected chi connectivity index (χ2v) is 5.59. The highest BCUT2D eigenvalue weighted by molar-refractivity contribution is 5.86. The molecule has 1 N–H and O–H groups in total. The van der Waals surface area contributed by atoms with E-state index >= 15 is 0 Å². The molecular weight excluding hydrogens is 254 g/mol. The molecule has 0 spiro atoms. The summed E-state index contributed by atoms with van der Waals surface area (Å²) in [5, 5.41) is 6.34. The molecule has 0 amide bonds. The third-order valence-corrected chi connectivity index (χ3v) is 4.09. The molecule has 1 nitrogen and oxygen atoms in total. The van der Waals surface area contributed by atoms with E-state index in [9.17, 15) is 0 Å². The van der Waals surface area contributed by atoms with Crippen molar-refractivity contribution in [2.24, 2.45) is 0 Å². The van der Waals surface area contributed by atoms with E-state index in [-0.39, 0.29) is 0 Å². The van der Waals surface area contributed by atoms with Gasteiger partial charge in [0.1, 0.15) is 0 Å². The second kappa shape index (κ2) is 6.11. The van der Waals surface area contributed by atoms with E-state index in [1.807, 2.05) is 0 Å². The van der Waals surface area contributed by atoms with Crippen LogP contribution in [0.15, 0.2) is 72.8 Å². The van der Waals surface area contributed by atoms with Gasteiger partial charge < -0.3 is 5.32 Å². The Kier molecular flexibility index (Phi) is 4.03. The lowest BCUT2D eigenvalue weighted by Crippen LogP contribution is -2.22. The molecule has 0 aliphatic rings. The molecule has 0 saturated carbocycles. The summed E-state index contributed by atoms with van der Waals surface area (Å²) in [4.78, 5) is 0. The second-order valence-electron chi connectivity index (χ2n) is 5.59. The van der Waals surface area contributed by atoms with Crippen LogP contribution in [-0.4, -0.2) is 0 Å². The first-order chi connectivity index (χ1) is 10.3. The molecule has 0 fully saturated rings. The molecule has 3 aromatic carbocycles. The fourth-order valence-electron chi connectivity index (χ4n) is 2.93. The minimum Gasteiger partial charge on any atom is -0.304 e. The largest absolute Gasteiger partial charge is 0.304 e. The van der Waals surface area contributed by atoms with Gasteiger partial charge >= 0.3 is 0 Å². The molecule has 0 bridgehead atoms. The molecule has 0 radical (unpaired) electrons. The molecule has 2 atom stereocenters. The molecule has 2 unspecified atom stereocenters. The molecule has 0 saturated heterocycles. The van der Waals surface area contributed by atoms with Crippen LogP contribution >= 0.6 is 0 Å². The monoisotopic (exact) mass is 275 g/mol. The first-order valence-electron chi connectivity index (χ1n) is 7.54. The SMILES string of the molecule is CC(NC(C)c1cccc2ccccc12)c1ccccc1. The molecule has 3 rings (SSSR count). The lowest BCUT2D eigenvalue weighted by Gasteiger charge is -2.22. The summed E-state index contributed by atoms with van der Waals surface area (Å²) in [5.41, 5.74) is 2.68. The number of rotatable bonds is 4. The standard InChI is InChI=1S/C20H21N/c1-15(17-9-4-3-5-10-17)21-16(2)19-14-8-12-18-11-6-7-13-20(18)19/h3-16,21H,1-2H3. The summed E-state index contributed by atoms with van der Waals surface area (Å²) in [6.07, 6.45) is 0. The molecule has 0 aromatic heterocycles. The highest BCUT2D eigenvalue weighted by atomic mass is 14.9. The third kappa shape index (κ3) is 2.98. The Morgan fingerprint density at radius 3 is 2.14 bits per heavy atom. The van der Waals surface area contributed by atoms with Crippen LogP contribution in [0.5, 0.6) is 0 Å². The minimum atomic E-state index is 0.311. The summed E-state index contributed by atoms with van der Waals surface area (Å²) in [6, 6.07) is 26.4. The van der Waals surface area contributed by atoms with Gasteiger partial charge in [0.15, 0.2) is 0 Å². The van der Waals surface area contributed by atoms with Crippen molar-refractivity contribution in [2.75, 3.05) is 0 Å². The maximum Gasteiger partial charge on any atom is 0.0303 e. The van der Waals surface area contributed by atoms with Crippen LogP contribution in [0.3, 0.4) is 0 Å². The van der Waals surface area contributed by atoms with E-state index in [2.05, 4.69) is 92.0 Å².